The fraction of sp³-hybridized carbons (Fsp3) is 0.429. The number of carbonyl (C=O) groups is 2. The first-order valence-electron chi connectivity index (χ1n) is 6.09. The molecule has 0 saturated carbocycles. The quantitative estimate of drug-likeness (QED) is 0.880. The summed E-state index contributed by atoms with van der Waals surface area (Å²) >= 11 is 3.01. The van der Waals surface area contributed by atoms with E-state index >= 15 is 0 Å². The predicted molar refractivity (Wildman–Crippen MR) is 77.1 cm³/mol. The smallest absolute Gasteiger partial charge is 0.305 e. The van der Waals surface area contributed by atoms with E-state index in [9.17, 15) is 14.0 Å². The number of carboxylic acid groups (broad SMARTS) is 1. The van der Waals surface area contributed by atoms with Crippen molar-refractivity contribution >= 4 is 27.8 Å². The van der Waals surface area contributed by atoms with Crippen LogP contribution in [0.25, 0.3) is 0 Å². The van der Waals surface area contributed by atoms with Crippen LogP contribution in [0.3, 0.4) is 0 Å². The molecule has 1 unspecified atom stereocenters. The summed E-state index contributed by atoms with van der Waals surface area (Å²) in [5.41, 5.74) is -0.257. The lowest BCUT2D eigenvalue weighted by Gasteiger charge is -2.30. The molecule has 2 N–H and O–H groups in total. The Balaban J connectivity index is 2.90. The summed E-state index contributed by atoms with van der Waals surface area (Å²) in [6.45, 7) is 5.51. The Labute approximate surface area is 125 Å². The normalized spacial score (nSPS) is 12.8. The van der Waals surface area contributed by atoms with Crippen LogP contribution in [0, 0.1) is 11.2 Å². The number of carbonyl (C=O) groups excluding carboxylic acids is 1. The summed E-state index contributed by atoms with van der Waals surface area (Å²) in [7, 11) is 0. The Hall–Kier alpha value is -1.43. The molecule has 0 aliphatic carbocycles. The number of halogens is 2. The first-order valence-corrected chi connectivity index (χ1v) is 6.88. The Morgan fingerprint density at radius 3 is 2.45 bits per heavy atom. The van der Waals surface area contributed by atoms with Crippen LogP contribution in [0.1, 0.15) is 37.6 Å². The van der Waals surface area contributed by atoms with Gasteiger partial charge in [0.25, 0.3) is 5.91 Å². The second-order valence-electron chi connectivity index (χ2n) is 5.62. The molecule has 0 aliphatic heterocycles. The lowest BCUT2D eigenvalue weighted by atomic mass is 9.84. The third-order valence-electron chi connectivity index (χ3n) is 2.91. The molecule has 1 amide bonds. The maximum Gasteiger partial charge on any atom is 0.305 e. The van der Waals surface area contributed by atoms with Gasteiger partial charge in [-0.15, -0.1) is 0 Å². The fourth-order valence-electron chi connectivity index (χ4n) is 1.63. The van der Waals surface area contributed by atoms with Crippen molar-refractivity contribution in [3.8, 4) is 0 Å². The average molecular weight is 346 g/mol. The van der Waals surface area contributed by atoms with Crippen LogP contribution in [0.15, 0.2) is 22.7 Å². The average Bonchev–Trinajstić information content (AvgIpc) is 2.30. The van der Waals surface area contributed by atoms with Gasteiger partial charge in [0.2, 0.25) is 0 Å². The van der Waals surface area contributed by atoms with Crippen LogP contribution >= 0.6 is 15.9 Å². The van der Waals surface area contributed by atoms with Crippen molar-refractivity contribution in [2.75, 3.05) is 0 Å². The Bertz CT molecular complexity index is 526. The predicted octanol–water partition coefficient (Wildman–Crippen LogP) is 3.21. The van der Waals surface area contributed by atoms with Crippen LogP contribution in [-0.4, -0.2) is 23.0 Å². The first-order chi connectivity index (χ1) is 9.11. The van der Waals surface area contributed by atoms with Gasteiger partial charge in [-0.05, 0) is 39.5 Å². The van der Waals surface area contributed by atoms with Crippen LogP contribution in [0.2, 0.25) is 0 Å². The van der Waals surface area contributed by atoms with E-state index in [1.54, 1.807) is 0 Å². The van der Waals surface area contributed by atoms with Crippen molar-refractivity contribution in [2.45, 2.75) is 33.2 Å². The zero-order valence-electron chi connectivity index (χ0n) is 11.5. The SMILES string of the molecule is CC(C)(C)C(CC(=O)O)NC(=O)c1ccc(Br)c(F)c1. The van der Waals surface area contributed by atoms with Gasteiger partial charge < -0.3 is 10.4 Å². The highest BCUT2D eigenvalue weighted by Crippen LogP contribution is 2.23. The summed E-state index contributed by atoms with van der Waals surface area (Å²) in [5, 5.41) is 11.5. The van der Waals surface area contributed by atoms with Gasteiger partial charge in [-0.2, -0.15) is 0 Å². The Morgan fingerprint density at radius 1 is 1.40 bits per heavy atom. The van der Waals surface area contributed by atoms with E-state index < -0.39 is 29.2 Å². The number of hydrogen-bond acceptors (Lipinski definition) is 2. The zero-order chi connectivity index (χ0) is 15.5. The first kappa shape index (κ1) is 16.6. The molecular weight excluding hydrogens is 329 g/mol. The van der Waals surface area contributed by atoms with Crippen LogP contribution in [-0.2, 0) is 4.79 Å². The second-order valence-corrected chi connectivity index (χ2v) is 6.47. The summed E-state index contributed by atoms with van der Waals surface area (Å²) in [6, 6.07) is 3.48. The molecular formula is C14H17BrFNO3. The van der Waals surface area contributed by atoms with Gasteiger partial charge in [0.15, 0.2) is 0 Å². The molecule has 0 fully saturated rings. The Kier molecular flexibility index (Phi) is 5.28. The van der Waals surface area contributed by atoms with Gasteiger partial charge in [0, 0.05) is 11.6 Å². The van der Waals surface area contributed by atoms with Crippen LogP contribution in [0.5, 0.6) is 0 Å². The highest BCUT2D eigenvalue weighted by atomic mass is 79.9. The zero-order valence-corrected chi connectivity index (χ0v) is 13.1. The third kappa shape index (κ3) is 4.59. The number of aliphatic carboxylic acids is 1. The third-order valence-corrected chi connectivity index (χ3v) is 3.55. The summed E-state index contributed by atoms with van der Waals surface area (Å²) in [5.74, 6) is -2.02. The summed E-state index contributed by atoms with van der Waals surface area (Å²) < 4.78 is 13.7. The topological polar surface area (TPSA) is 66.4 Å². The lowest BCUT2D eigenvalue weighted by molar-refractivity contribution is -0.138. The molecule has 20 heavy (non-hydrogen) atoms. The number of hydrogen-bond donors (Lipinski definition) is 2. The lowest BCUT2D eigenvalue weighted by Crippen LogP contribution is -2.45. The van der Waals surface area contributed by atoms with Crippen molar-refractivity contribution in [3.05, 3.63) is 34.1 Å². The number of benzene rings is 1. The molecule has 0 spiro atoms. The molecule has 0 heterocycles. The van der Waals surface area contributed by atoms with Gasteiger partial charge >= 0.3 is 5.97 Å². The van der Waals surface area contributed by atoms with E-state index in [1.807, 2.05) is 20.8 Å². The van der Waals surface area contributed by atoms with E-state index in [0.717, 1.165) is 6.07 Å². The molecule has 0 aliphatic rings. The fourth-order valence-corrected chi connectivity index (χ4v) is 1.87. The molecule has 4 nitrogen and oxygen atoms in total. The van der Waals surface area contributed by atoms with Gasteiger partial charge in [0.1, 0.15) is 5.82 Å². The highest BCUT2D eigenvalue weighted by molar-refractivity contribution is 9.10. The maximum absolute atomic E-state index is 13.4. The van der Waals surface area contributed by atoms with Crippen molar-refractivity contribution in [2.24, 2.45) is 5.41 Å². The number of rotatable bonds is 4. The van der Waals surface area contributed by atoms with Crippen LogP contribution < -0.4 is 5.32 Å². The maximum atomic E-state index is 13.4. The second kappa shape index (κ2) is 6.35. The van der Waals surface area contributed by atoms with Crippen molar-refractivity contribution in [1.82, 2.24) is 5.32 Å². The molecule has 0 aromatic heterocycles. The number of carboxylic acids is 1. The molecule has 6 heteroatoms. The van der Waals surface area contributed by atoms with Crippen molar-refractivity contribution < 1.29 is 19.1 Å². The van der Waals surface area contributed by atoms with E-state index in [2.05, 4.69) is 21.2 Å². The summed E-state index contributed by atoms with van der Waals surface area (Å²) in [4.78, 5) is 22.9. The number of amides is 1. The molecule has 1 aromatic carbocycles. The number of nitrogens with one attached hydrogen (secondary N) is 1. The van der Waals surface area contributed by atoms with Gasteiger partial charge in [-0.3, -0.25) is 9.59 Å². The molecule has 110 valence electrons. The minimum atomic E-state index is -0.993. The van der Waals surface area contributed by atoms with E-state index in [-0.39, 0.29) is 16.5 Å². The molecule has 1 aromatic rings. The van der Waals surface area contributed by atoms with Crippen molar-refractivity contribution in [3.63, 3.8) is 0 Å². The van der Waals surface area contributed by atoms with Gasteiger partial charge in [-0.25, -0.2) is 4.39 Å². The largest absolute Gasteiger partial charge is 0.481 e. The van der Waals surface area contributed by atoms with Crippen molar-refractivity contribution in [1.29, 1.82) is 0 Å². The Morgan fingerprint density at radius 2 is 2.00 bits per heavy atom. The molecule has 0 saturated heterocycles. The molecule has 0 bridgehead atoms. The van der Waals surface area contributed by atoms with Gasteiger partial charge in [-0.1, -0.05) is 20.8 Å². The highest BCUT2D eigenvalue weighted by Gasteiger charge is 2.28. The molecule has 1 atom stereocenters. The minimum Gasteiger partial charge on any atom is -0.481 e. The minimum absolute atomic E-state index is 0.158. The van der Waals surface area contributed by atoms with E-state index in [1.165, 1.54) is 12.1 Å². The molecule has 0 radical (unpaired) electrons. The van der Waals surface area contributed by atoms with Crippen LogP contribution in [0.4, 0.5) is 4.39 Å². The van der Waals surface area contributed by atoms with E-state index in [0.29, 0.717) is 0 Å². The summed E-state index contributed by atoms with van der Waals surface area (Å²) in [6.07, 6.45) is -0.186. The van der Waals surface area contributed by atoms with E-state index in [4.69, 9.17) is 5.11 Å². The standard InChI is InChI=1S/C14H17BrFNO3/c1-14(2,3)11(7-12(18)19)17-13(20)8-4-5-9(15)10(16)6-8/h4-6,11H,7H2,1-3H3,(H,17,20)(H,18,19). The monoisotopic (exact) mass is 345 g/mol. The molecule has 1 rings (SSSR count). The van der Waals surface area contributed by atoms with Gasteiger partial charge in [0.05, 0.1) is 10.9 Å².